The van der Waals surface area contributed by atoms with E-state index >= 15 is 0 Å². The number of carboxylic acid groups (broad SMARTS) is 1. The van der Waals surface area contributed by atoms with Crippen molar-refractivity contribution in [2.24, 2.45) is 0 Å². The molecule has 0 radical (unpaired) electrons. The van der Waals surface area contributed by atoms with Crippen molar-refractivity contribution in [3.8, 4) is 39.6 Å². The minimum Gasteiger partial charge on any atom is -0.493 e. The molecule has 0 saturated heterocycles. The summed E-state index contributed by atoms with van der Waals surface area (Å²) in [5, 5.41) is 10.4. The molecule has 0 aliphatic carbocycles. The molecular weight excluding hydrogens is 394 g/mol. The molecule has 4 aromatic rings. The zero-order valence-corrected chi connectivity index (χ0v) is 17.4. The van der Waals surface area contributed by atoms with Gasteiger partial charge in [0.05, 0.1) is 38.1 Å². The molecule has 6 heteroatoms. The molecule has 0 unspecified atom stereocenters. The van der Waals surface area contributed by atoms with Crippen LogP contribution in [0.5, 0.6) is 17.2 Å². The first kappa shape index (κ1) is 20.2. The summed E-state index contributed by atoms with van der Waals surface area (Å²) in [6, 6.07) is 20.3. The lowest BCUT2D eigenvalue weighted by molar-refractivity contribution is 0.0699. The van der Waals surface area contributed by atoms with Crippen molar-refractivity contribution >= 4 is 16.9 Å². The normalized spacial score (nSPS) is 10.7. The smallest absolute Gasteiger partial charge is 0.336 e. The summed E-state index contributed by atoms with van der Waals surface area (Å²) in [4.78, 5) is 16.7. The van der Waals surface area contributed by atoms with Crippen LogP contribution in [0.15, 0.2) is 66.7 Å². The average Bonchev–Trinajstić information content (AvgIpc) is 2.82. The highest BCUT2D eigenvalue weighted by atomic mass is 16.5. The van der Waals surface area contributed by atoms with Gasteiger partial charge in [-0.1, -0.05) is 36.4 Å². The Labute approximate surface area is 179 Å². The van der Waals surface area contributed by atoms with Crippen LogP contribution < -0.4 is 14.2 Å². The van der Waals surface area contributed by atoms with Crippen LogP contribution in [0.25, 0.3) is 33.3 Å². The lowest BCUT2D eigenvalue weighted by Crippen LogP contribution is -2.01. The van der Waals surface area contributed by atoms with Gasteiger partial charge in [0.1, 0.15) is 0 Å². The molecule has 1 aromatic heterocycles. The van der Waals surface area contributed by atoms with Gasteiger partial charge in [-0.15, -0.1) is 0 Å². The Morgan fingerprint density at radius 2 is 1.45 bits per heavy atom. The molecular formula is C25H21NO5. The van der Waals surface area contributed by atoms with Gasteiger partial charge in [0.2, 0.25) is 5.75 Å². The number of methoxy groups -OCH3 is 3. The van der Waals surface area contributed by atoms with Crippen molar-refractivity contribution < 1.29 is 24.1 Å². The highest BCUT2D eigenvalue weighted by molar-refractivity contribution is 6.05. The Kier molecular flexibility index (Phi) is 5.45. The third-order valence-electron chi connectivity index (χ3n) is 5.11. The molecule has 0 fully saturated rings. The zero-order valence-electron chi connectivity index (χ0n) is 17.4. The van der Waals surface area contributed by atoms with Gasteiger partial charge in [-0.3, -0.25) is 0 Å². The van der Waals surface area contributed by atoms with Crippen LogP contribution in [0, 0.1) is 0 Å². The molecule has 1 N–H and O–H groups in total. The van der Waals surface area contributed by atoms with Gasteiger partial charge in [0.15, 0.2) is 11.5 Å². The van der Waals surface area contributed by atoms with Gasteiger partial charge in [-0.05, 0) is 41.5 Å². The molecule has 156 valence electrons. The number of nitrogens with zero attached hydrogens (tertiary/aromatic N) is 1. The van der Waals surface area contributed by atoms with Crippen LogP contribution in [0.3, 0.4) is 0 Å². The van der Waals surface area contributed by atoms with Gasteiger partial charge in [-0.2, -0.15) is 0 Å². The molecule has 0 bridgehead atoms. The lowest BCUT2D eigenvalue weighted by Gasteiger charge is -2.15. The summed E-state index contributed by atoms with van der Waals surface area (Å²) in [6.07, 6.45) is 0. The van der Waals surface area contributed by atoms with E-state index in [1.165, 1.54) is 0 Å². The number of rotatable bonds is 6. The van der Waals surface area contributed by atoms with Crippen LogP contribution in [0.1, 0.15) is 10.4 Å². The SMILES string of the molecule is COc1cc(-c2ccc3nc(-c4ccccc4)cc(C(=O)O)c3c2)cc(OC)c1OC. The van der Waals surface area contributed by atoms with Crippen LogP contribution in [0.2, 0.25) is 0 Å². The molecule has 0 aliphatic rings. The second kappa shape index (κ2) is 8.36. The number of hydrogen-bond acceptors (Lipinski definition) is 5. The second-order valence-corrected chi connectivity index (χ2v) is 6.87. The fourth-order valence-electron chi connectivity index (χ4n) is 3.59. The quantitative estimate of drug-likeness (QED) is 0.461. The summed E-state index contributed by atoms with van der Waals surface area (Å²) in [5.74, 6) is 0.530. The number of fused-ring (bicyclic) bond motifs is 1. The van der Waals surface area contributed by atoms with Crippen molar-refractivity contribution in [3.05, 3.63) is 72.3 Å². The number of carbonyl (C=O) groups is 1. The third-order valence-corrected chi connectivity index (χ3v) is 5.11. The fourth-order valence-corrected chi connectivity index (χ4v) is 3.59. The van der Waals surface area contributed by atoms with Crippen molar-refractivity contribution in [3.63, 3.8) is 0 Å². The molecule has 0 atom stereocenters. The number of benzene rings is 3. The van der Waals surface area contributed by atoms with Gasteiger partial charge in [0.25, 0.3) is 0 Å². The van der Waals surface area contributed by atoms with Gasteiger partial charge in [-0.25, -0.2) is 9.78 Å². The van der Waals surface area contributed by atoms with E-state index in [0.717, 1.165) is 16.7 Å². The topological polar surface area (TPSA) is 77.9 Å². The van der Waals surface area contributed by atoms with E-state index in [9.17, 15) is 9.90 Å². The number of carboxylic acids is 1. The number of pyridine rings is 1. The van der Waals surface area contributed by atoms with Crippen molar-refractivity contribution in [2.75, 3.05) is 21.3 Å². The summed E-state index contributed by atoms with van der Waals surface area (Å²) >= 11 is 0. The standard InChI is InChI=1S/C25H21NO5/c1-29-22-12-17(13-23(30-2)24(22)31-3)16-9-10-20-18(11-16)19(25(27)28)14-21(26-20)15-7-5-4-6-8-15/h4-14H,1-3H3,(H,27,28). The molecule has 4 rings (SSSR count). The fraction of sp³-hybridized carbons (Fsp3) is 0.120. The Morgan fingerprint density at radius 3 is 2.03 bits per heavy atom. The predicted molar refractivity (Wildman–Crippen MR) is 119 cm³/mol. The van der Waals surface area contributed by atoms with E-state index in [1.54, 1.807) is 27.4 Å². The van der Waals surface area contributed by atoms with E-state index in [4.69, 9.17) is 14.2 Å². The molecule has 31 heavy (non-hydrogen) atoms. The number of aromatic carboxylic acids is 1. The molecule has 0 aliphatic heterocycles. The highest BCUT2D eigenvalue weighted by Crippen LogP contribution is 2.41. The summed E-state index contributed by atoms with van der Waals surface area (Å²) in [5.41, 5.74) is 3.89. The van der Waals surface area contributed by atoms with Crippen molar-refractivity contribution in [2.45, 2.75) is 0 Å². The molecule has 6 nitrogen and oxygen atoms in total. The minimum absolute atomic E-state index is 0.193. The summed E-state index contributed by atoms with van der Waals surface area (Å²) < 4.78 is 16.3. The summed E-state index contributed by atoms with van der Waals surface area (Å²) in [6.45, 7) is 0. The molecule has 1 heterocycles. The number of ether oxygens (including phenoxy) is 3. The molecule has 0 amide bonds. The van der Waals surface area contributed by atoms with Gasteiger partial charge < -0.3 is 19.3 Å². The van der Waals surface area contributed by atoms with E-state index in [2.05, 4.69) is 4.98 Å². The van der Waals surface area contributed by atoms with Crippen molar-refractivity contribution in [1.29, 1.82) is 0 Å². The Morgan fingerprint density at radius 1 is 0.774 bits per heavy atom. The second-order valence-electron chi connectivity index (χ2n) is 6.87. The maximum Gasteiger partial charge on any atom is 0.336 e. The predicted octanol–water partition coefficient (Wildman–Crippen LogP) is 5.29. The maximum atomic E-state index is 12.0. The molecule has 3 aromatic carbocycles. The van der Waals surface area contributed by atoms with Crippen LogP contribution in [-0.2, 0) is 0 Å². The monoisotopic (exact) mass is 415 g/mol. The lowest BCUT2D eigenvalue weighted by atomic mass is 9.98. The van der Waals surface area contributed by atoms with E-state index in [-0.39, 0.29) is 5.56 Å². The Balaban J connectivity index is 1.91. The van der Waals surface area contributed by atoms with E-state index in [0.29, 0.717) is 33.8 Å². The van der Waals surface area contributed by atoms with Crippen LogP contribution in [-0.4, -0.2) is 37.4 Å². The first-order chi connectivity index (χ1) is 15.0. The van der Waals surface area contributed by atoms with Gasteiger partial charge in [0, 0.05) is 10.9 Å². The Bertz CT molecular complexity index is 1240. The van der Waals surface area contributed by atoms with E-state index in [1.807, 2.05) is 60.7 Å². The zero-order chi connectivity index (χ0) is 22.0. The minimum atomic E-state index is -1.01. The highest BCUT2D eigenvalue weighted by Gasteiger charge is 2.17. The van der Waals surface area contributed by atoms with Crippen molar-refractivity contribution in [1.82, 2.24) is 4.98 Å². The van der Waals surface area contributed by atoms with Gasteiger partial charge >= 0.3 is 5.97 Å². The Hall–Kier alpha value is -4.06. The number of hydrogen-bond donors (Lipinski definition) is 1. The summed E-state index contributed by atoms with van der Waals surface area (Å²) in [7, 11) is 4.66. The van der Waals surface area contributed by atoms with Crippen LogP contribution in [0.4, 0.5) is 0 Å². The largest absolute Gasteiger partial charge is 0.493 e. The third kappa shape index (κ3) is 3.75. The number of aromatic nitrogens is 1. The molecule has 0 spiro atoms. The van der Waals surface area contributed by atoms with Crippen LogP contribution >= 0.6 is 0 Å². The first-order valence-corrected chi connectivity index (χ1v) is 9.59. The molecule has 0 saturated carbocycles. The first-order valence-electron chi connectivity index (χ1n) is 9.59. The van der Waals surface area contributed by atoms with E-state index < -0.39 is 5.97 Å². The average molecular weight is 415 g/mol. The maximum absolute atomic E-state index is 12.0.